The second-order valence-corrected chi connectivity index (χ2v) is 5.65. The van der Waals surface area contributed by atoms with Gasteiger partial charge >= 0.3 is 0 Å². The molecule has 5 heteroatoms. The molecule has 1 saturated carbocycles. The molecule has 0 aromatic carbocycles. The molecular formula is C9H15NO3S. The van der Waals surface area contributed by atoms with Crippen molar-refractivity contribution in [3.05, 3.63) is 0 Å². The SMILES string of the molecule is CCC1=NS(=O)(=O)C2CCCCC2O1. The molecule has 2 aliphatic rings. The van der Waals surface area contributed by atoms with Gasteiger partial charge in [-0.3, -0.25) is 0 Å². The van der Waals surface area contributed by atoms with Crippen molar-refractivity contribution in [1.29, 1.82) is 0 Å². The Morgan fingerprint density at radius 3 is 2.86 bits per heavy atom. The Bertz CT molecular complexity index is 347. The molecule has 0 amide bonds. The maximum Gasteiger partial charge on any atom is 0.262 e. The molecule has 1 fully saturated rings. The molecule has 1 aliphatic carbocycles. The lowest BCUT2D eigenvalue weighted by Gasteiger charge is -2.33. The lowest BCUT2D eigenvalue weighted by Crippen LogP contribution is -2.43. The molecule has 1 aliphatic heterocycles. The standard InChI is InChI=1S/C9H15NO3S/c1-2-9-10-14(11,12)8-6-4-3-5-7(8)13-9/h7-8H,2-6H2,1H3. The van der Waals surface area contributed by atoms with Crippen molar-refractivity contribution in [2.45, 2.75) is 50.4 Å². The Balaban J connectivity index is 2.31. The first-order valence-corrected chi connectivity index (χ1v) is 6.63. The van der Waals surface area contributed by atoms with Crippen LogP contribution in [0.1, 0.15) is 39.0 Å². The van der Waals surface area contributed by atoms with E-state index < -0.39 is 10.0 Å². The van der Waals surface area contributed by atoms with Crippen LogP contribution in [0.15, 0.2) is 4.40 Å². The van der Waals surface area contributed by atoms with Gasteiger partial charge in [0.25, 0.3) is 10.0 Å². The highest BCUT2D eigenvalue weighted by Crippen LogP contribution is 2.31. The van der Waals surface area contributed by atoms with Crippen molar-refractivity contribution in [1.82, 2.24) is 0 Å². The van der Waals surface area contributed by atoms with Crippen molar-refractivity contribution in [3.8, 4) is 0 Å². The number of fused-ring (bicyclic) bond motifs is 1. The second kappa shape index (κ2) is 3.53. The Labute approximate surface area is 84.4 Å². The molecule has 2 rings (SSSR count). The summed E-state index contributed by atoms with van der Waals surface area (Å²) in [7, 11) is -3.28. The molecule has 0 N–H and O–H groups in total. The van der Waals surface area contributed by atoms with E-state index in [4.69, 9.17) is 4.74 Å². The fourth-order valence-electron chi connectivity index (χ4n) is 2.09. The number of nitrogens with zero attached hydrogens (tertiary/aromatic N) is 1. The predicted octanol–water partition coefficient (Wildman–Crippen LogP) is 1.47. The van der Waals surface area contributed by atoms with Gasteiger partial charge in [0.15, 0.2) is 5.90 Å². The summed E-state index contributed by atoms with van der Waals surface area (Å²) in [6.45, 7) is 1.86. The number of hydrogen-bond acceptors (Lipinski definition) is 3. The molecule has 0 spiro atoms. The first-order chi connectivity index (χ1) is 6.63. The van der Waals surface area contributed by atoms with Crippen molar-refractivity contribution < 1.29 is 13.2 Å². The van der Waals surface area contributed by atoms with E-state index >= 15 is 0 Å². The molecule has 0 aromatic heterocycles. The third-order valence-electron chi connectivity index (χ3n) is 2.84. The van der Waals surface area contributed by atoms with Crippen molar-refractivity contribution >= 4 is 15.9 Å². The zero-order valence-electron chi connectivity index (χ0n) is 8.27. The van der Waals surface area contributed by atoms with E-state index in [9.17, 15) is 8.42 Å². The Morgan fingerprint density at radius 2 is 2.14 bits per heavy atom. The van der Waals surface area contributed by atoms with Gasteiger partial charge in [-0.1, -0.05) is 13.3 Å². The van der Waals surface area contributed by atoms with Gasteiger partial charge in [-0.2, -0.15) is 0 Å². The Morgan fingerprint density at radius 1 is 1.43 bits per heavy atom. The highest BCUT2D eigenvalue weighted by molar-refractivity contribution is 7.91. The molecule has 0 radical (unpaired) electrons. The van der Waals surface area contributed by atoms with E-state index in [1.165, 1.54) is 0 Å². The average Bonchev–Trinajstić information content (AvgIpc) is 2.17. The summed E-state index contributed by atoms with van der Waals surface area (Å²) in [5.74, 6) is 0.383. The molecule has 14 heavy (non-hydrogen) atoms. The maximum atomic E-state index is 11.7. The molecule has 0 aromatic rings. The van der Waals surface area contributed by atoms with Crippen LogP contribution >= 0.6 is 0 Å². The third kappa shape index (κ3) is 1.65. The van der Waals surface area contributed by atoms with Crippen LogP contribution in [-0.2, 0) is 14.8 Å². The molecule has 0 bridgehead atoms. The van der Waals surface area contributed by atoms with E-state index in [1.54, 1.807) is 0 Å². The van der Waals surface area contributed by atoms with Crippen molar-refractivity contribution in [3.63, 3.8) is 0 Å². The minimum absolute atomic E-state index is 0.138. The quantitative estimate of drug-likeness (QED) is 0.668. The number of sulfonamides is 1. The highest BCUT2D eigenvalue weighted by atomic mass is 32.2. The molecule has 2 unspecified atom stereocenters. The summed E-state index contributed by atoms with van der Waals surface area (Å²) in [6, 6.07) is 0. The van der Waals surface area contributed by atoms with E-state index in [0.29, 0.717) is 18.7 Å². The van der Waals surface area contributed by atoms with E-state index in [0.717, 1.165) is 19.3 Å². The summed E-state index contributed by atoms with van der Waals surface area (Å²) in [5.41, 5.74) is 0. The van der Waals surface area contributed by atoms with Gasteiger partial charge in [-0.25, -0.2) is 8.42 Å². The fraction of sp³-hybridized carbons (Fsp3) is 0.889. The zero-order valence-corrected chi connectivity index (χ0v) is 9.09. The number of ether oxygens (including phenoxy) is 1. The van der Waals surface area contributed by atoms with E-state index in [1.807, 2.05) is 6.92 Å². The van der Waals surface area contributed by atoms with Gasteiger partial charge in [0.05, 0.1) is 0 Å². The van der Waals surface area contributed by atoms with Crippen molar-refractivity contribution in [2.75, 3.05) is 0 Å². The van der Waals surface area contributed by atoms with Crippen LogP contribution in [0.4, 0.5) is 0 Å². The summed E-state index contributed by atoms with van der Waals surface area (Å²) < 4.78 is 32.7. The zero-order chi connectivity index (χ0) is 10.2. The van der Waals surface area contributed by atoms with Crippen LogP contribution in [-0.4, -0.2) is 25.7 Å². The summed E-state index contributed by atoms with van der Waals surface area (Å²) in [6.07, 6.45) is 4.01. The fourth-order valence-corrected chi connectivity index (χ4v) is 3.72. The number of hydrogen-bond donors (Lipinski definition) is 0. The molecule has 2 atom stereocenters. The van der Waals surface area contributed by atoms with Crippen LogP contribution in [0.2, 0.25) is 0 Å². The number of rotatable bonds is 1. The van der Waals surface area contributed by atoms with Crippen LogP contribution in [0.5, 0.6) is 0 Å². The minimum atomic E-state index is -3.28. The average molecular weight is 217 g/mol. The van der Waals surface area contributed by atoms with Gasteiger partial charge < -0.3 is 4.74 Å². The predicted molar refractivity (Wildman–Crippen MR) is 53.8 cm³/mol. The lowest BCUT2D eigenvalue weighted by atomic mass is 9.97. The normalized spacial score (nSPS) is 35.4. The van der Waals surface area contributed by atoms with Crippen LogP contribution in [0, 0.1) is 0 Å². The first kappa shape index (κ1) is 9.96. The monoisotopic (exact) mass is 217 g/mol. The van der Waals surface area contributed by atoms with Gasteiger partial charge in [-0.05, 0) is 19.3 Å². The van der Waals surface area contributed by atoms with E-state index in [2.05, 4.69) is 4.40 Å². The van der Waals surface area contributed by atoms with Crippen LogP contribution in [0.3, 0.4) is 0 Å². The summed E-state index contributed by atoms with van der Waals surface area (Å²) >= 11 is 0. The van der Waals surface area contributed by atoms with E-state index in [-0.39, 0.29) is 11.4 Å². The Kier molecular flexibility index (Phi) is 2.51. The maximum absolute atomic E-state index is 11.7. The molecule has 0 saturated heterocycles. The second-order valence-electron chi connectivity index (χ2n) is 3.83. The summed E-state index contributed by atoms with van der Waals surface area (Å²) in [5, 5.41) is -0.383. The van der Waals surface area contributed by atoms with Gasteiger partial charge in [0.2, 0.25) is 0 Å². The van der Waals surface area contributed by atoms with Crippen LogP contribution < -0.4 is 0 Å². The largest absolute Gasteiger partial charge is 0.475 e. The van der Waals surface area contributed by atoms with Gasteiger partial charge in [0, 0.05) is 6.42 Å². The Hall–Kier alpha value is -0.580. The highest BCUT2D eigenvalue weighted by Gasteiger charge is 2.40. The topological polar surface area (TPSA) is 55.7 Å². The van der Waals surface area contributed by atoms with Crippen molar-refractivity contribution in [2.24, 2.45) is 4.40 Å². The van der Waals surface area contributed by atoms with Crippen LogP contribution in [0.25, 0.3) is 0 Å². The third-order valence-corrected chi connectivity index (χ3v) is 4.61. The van der Waals surface area contributed by atoms with Gasteiger partial charge in [-0.15, -0.1) is 4.40 Å². The summed E-state index contributed by atoms with van der Waals surface area (Å²) in [4.78, 5) is 0. The molecule has 80 valence electrons. The minimum Gasteiger partial charge on any atom is -0.475 e. The van der Waals surface area contributed by atoms with Gasteiger partial charge in [0.1, 0.15) is 11.4 Å². The smallest absolute Gasteiger partial charge is 0.262 e. The molecule has 1 heterocycles. The lowest BCUT2D eigenvalue weighted by molar-refractivity contribution is 0.137. The first-order valence-electron chi connectivity index (χ1n) is 5.13. The molecular weight excluding hydrogens is 202 g/mol. The molecule has 4 nitrogen and oxygen atoms in total.